The van der Waals surface area contributed by atoms with Crippen molar-refractivity contribution < 1.29 is 8.98 Å². The standard InChI is InChI=1S/C29H27N2OSi/c1-19-12-15-24-22-9-8-10-23(25-17-21(33(3,4)5)14-13-20(25)18-30)28(22)32-29(24)27(19)26-11-6-7-16-31(26)2/h6-17H,1-5H3/q+1. The fourth-order valence-corrected chi connectivity index (χ4v) is 5.77. The fourth-order valence-electron chi connectivity index (χ4n) is 4.60. The normalized spacial score (nSPS) is 11.8. The molecule has 2 heterocycles. The van der Waals surface area contributed by atoms with Crippen molar-refractivity contribution in [1.29, 1.82) is 5.26 Å². The van der Waals surface area contributed by atoms with E-state index in [1.165, 1.54) is 10.8 Å². The number of furan rings is 1. The Balaban J connectivity index is 1.86. The fraction of sp³-hybridized carbons (Fsp3) is 0.172. The van der Waals surface area contributed by atoms with E-state index in [1.54, 1.807) is 0 Å². The summed E-state index contributed by atoms with van der Waals surface area (Å²) in [5.41, 5.74) is 7.71. The van der Waals surface area contributed by atoms with E-state index in [1.807, 2.05) is 12.1 Å². The SMILES string of the molecule is Cc1ccc2c(oc3c(-c4cc([Si](C)(C)C)ccc4C#N)cccc32)c1-c1cccc[n+]1C. The molecule has 0 spiro atoms. The van der Waals surface area contributed by atoms with Crippen molar-refractivity contribution in [3.63, 3.8) is 0 Å². The van der Waals surface area contributed by atoms with Gasteiger partial charge in [0.25, 0.3) is 0 Å². The van der Waals surface area contributed by atoms with Gasteiger partial charge in [-0.05, 0) is 24.6 Å². The molecule has 0 amide bonds. The Morgan fingerprint density at radius 2 is 1.64 bits per heavy atom. The Bertz CT molecular complexity index is 1580. The minimum atomic E-state index is -1.54. The van der Waals surface area contributed by atoms with Crippen LogP contribution in [0.15, 0.2) is 77.3 Å². The molecule has 33 heavy (non-hydrogen) atoms. The lowest BCUT2D eigenvalue weighted by molar-refractivity contribution is -0.660. The summed E-state index contributed by atoms with van der Waals surface area (Å²) < 4.78 is 8.80. The van der Waals surface area contributed by atoms with Gasteiger partial charge in [-0.2, -0.15) is 5.26 Å². The molecule has 0 atom stereocenters. The molecule has 0 fully saturated rings. The first kappa shape index (κ1) is 21.2. The smallest absolute Gasteiger partial charge is 0.216 e. The summed E-state index contributed by atoms with van der Waals surface area (Å²) in [5.74, 6) is 0. The molecule has 0 aliphatic rings. The van der Waals surface area contributed by atoms with E-state index in [2.05, 4.69) is 105 Å². The quantitative estimate of drug-likeness (QED) is 0.235. The lowest BCUT2D eigenvalue weighted by atomic mass is 9.97. The van der Waals surface area contributed by atoms with Gasteiger partial charge in [-0.1, -0.05) is 67.3 Å². The number of aryl methyl sites for hydroxylation is 2. The average Bonchev–Trinajstić information content (AvgIpc) is 3.17. The van der Waals surface area contributed by atoms with Gasteiger partial charge in [0.2, 0.25) is 5.69 Å². The maximum atomic E-state index is 9.87. The Morgan fingerprint density at radius 3 is 2.36 bits per heavy atom. The molecule has 5 rings (SSSR count). The molecule has 0 bridgehead atoms. The zero-order valence-corrected chi connectivity index (χ0v) is 20.7. The summed E-state index contributed by atoms with van der Waals surface area (Å²) in [6.07, 6.45) is 2.06. The molecule has 3 nitrogen and oxygen atoms in total. The van der Waals surface area contributed by atoms with Crippen LogP contribution in [-0.4, -0.2) is 8.07 Å². The molecule has 0 unspecified atom stereocenters. The lowest BCUT2D eigenvalue weighted by Gasteiger charge is -2.18. The molecule has 0 saturated heterocycles. The van der Waals surface area contributed by atoms with Gasteiger partial charge < -0.3 is 4.42 Å². The highest BCUT2D eigenvalue weighted by Crippen LogP contribution is 2.41. The number of rotatable bonds is 3. The monoisotopic (exact) mass is 447 g/mol. The number of fused-ring (bicyclic) bond motifs is 3. The summed E-state index contributed by atoms with van der Waals surface area (Å²) >= 11 is 0. The molecule has 0 aliphatic heterocycles. The van der Waals surface area contributed by atoms with Crippen molar-refractivity contribution in [1.82, 2.24) is 0 Å². The number of pyridine rings is 1. The van der Waals surface area contributed by atoms with E-state index in [0.29, 0.717) is 5.56 Å². The van der Waals surface area contributed by atoms with Gasteiger partial charge >= 0.3 is 0 Å². The van der Waals surface area contributed by atoms with Crippen LogP contribution in [0.25, 0.3) is 44.3 Å². The zero-order valence-electron chi connectivity index (χ0n) is 19.7. The number of nitrogens with zero attached hydrogens (tertiary/aromatic N) is 2. The van der Waals surface area contributed by atoms with Crippen LogP contribution in [0.4, 0.5) is 0 Å². The average molecular weight is 448 g/mol. The van der Waals surface area contributed by atoms with Crippen molar-refractivity contribution in [2.75, 3.05) is 0 Å². The van der Waals surface area contributed by atoms with Crippen LogP contribution in [0.1, 0.15) is 11.1 Å². The first-order chi connectivity index (χ1) is 15.8. The van der Waals surface area contributed by atoms with E-state index in [9.17, 15) is 5.26 Å². The maximum Gasteiger partial charge on any atom is 0.216 e. The van der Waals surface area contributed by atoms with E-state index in [4.69, 9.17) is 4.42 Å². The molecule has 0 aliphatic carbocycles. The van der Waals surface area contributed by atoms with Crippen LogP contribution in [-0.2, 0) is 7.05 Å². The van der Waals surface area contributed by atoms with Gasteiger partial charge in [0.15, 0.2) is 6.20 Å². The van der Waals surface area contributed by atoms with Crippen LogP contribution in [0, 0.1) is 18.3 Å². The van der Waals surface area contributed by atoms with Crippen LogP contribution in [0.2, 0.25) is 19.6 Å². The molecule has 2 aromatic heterocycles. The van der Waals surface area contributed by atoms with Gasteiger partial charge in [0.05, 0.1) is 25.3 Å². The molecule has 4 heteroatoms. The van der Waals surface area contributed by atoms with Gasteiger partial charge in [0, 0.05) is 34.0 Å². The minimum absolute atomic E-state index is 0.677. The largest absolute Gasteiger partial charge is 0.454 e. The topological polar surface area (TPSA) is 40.8 Å². The highest BCUT2D eigenvalue weighted by atomic mass is 28.3. The minimum Gasteiger partial charge on any atom is -0.454 e. The first-order valence-corrected chi connectivity index (χ1v) is 14.7. The highest BCUT2D eigenvalue weighted by molar-refractivity contribution is 6.88. The van der Waals surface area contributed by atoms with Gasteiger partial charge in [-0.3, -0.25) is 0 Å². The van der Waals surface area contributed by atoms with Crippen molar-refractivity contribution in [3.8, 4) is 28.5 Å². The Hall–Kier alpha value is -3.68. The van der Waals surface area contributed by atoms with E-state index in [-0.39, 0.29) is 0 Å². The Kier molecular flexibility index (Phi) is 4.95. The second kappa shape index (κ2) is 7.72. The number of nitriles is 1. The Labute approximate surface area is 195 Å². The molecule has 0 radical (unpaired) electrons. The second-order valence-electron chi connectivity index (χ2n) is 9.74. The van der Waals surface area contributed by atoms with Crippen molar-refractivity contribution in [3.05, 3.63) is 84.1 Å². The number of hydrogen-bond acceptors (Lipinski definition) is 2. The predicted molar refractivity (Wildman–Crippen MR) is 138 cm³/mol. The third-order valence-corrected chi connectivity index (χ3v) is 8.53. The number of aromatic nitrogens is 1. The number of hydrogen-bond donors (Lipinski definition) is 0. The molecule has 162 valence electrons. The third kappa shape index (κ3) is 3.46. The summed E-state index contributed by atoms with van der Waals surface area (Å²) in [6.45, 7) is 9.11. The maximum absolute atomic E-state index is 9.87. The summed E-state index contributed by atoms with van der Waals surface area (Å²) in [5, 5.41) is 13.4. The summed E-state index contributed by atoms with van der Waals surface area (Å²) in [6, 6.07) is 25.5. The zero-order chi connectivity index (χ0) is 23.3. The van der Waals surface area contributed by atoms with Crippen LogP contribution >= 0.6 is 0 Å². The van der Waals surface area contributed by atoms with Crippen molar-refractivity contribution >= 4 is 35.2 Å². The van der Waals surface area contributed by atoms with E-state index < -0.39 is 8.07 Å². The molecular weight excluding hydrogens is 420 g/mol. The van der Waals surface area contributed by atoms with Crippen molar-refractivity contribution in [2.24, 2.45) is 7.05 Å². The van der Waals surface area contributed by atoms with Gasteiger partial charge in [-0.15, -0.1) is 0 Å². The highest BCUT2D eigenvalue weighted by Gasteiger charge is 2.23. The molecule has 0 N–H and O–H groups in total. The summed E-state index contributed by atoms with van der Waals surface area (Å²) in [7, 11) is 0.516. The number of benzene rings is 3. The molecule has 3 aromatic carbocycles. The first-order valence-electron chi connectivity index (χ1n) is 11.2. The molecule has 5 aromatic rings. The third-order valence-electron chi connectivity index (χ3n) is 6.48. The van der Waals surface area contributed by atoms with Gasteiger partial charge in [0.1, 0.15) is 18.2 Å². The molecule has 0 saturated carbocycles. The van der Waals surface area contributed by atoms with Gasteiger partial charge in [-0.25, -0.2) is 4.57 Å². The van der Waals surface area contributed by atoms with Crippen LogP contribution in [0.3, 0.4) is 0 Å². The van der Waals surface area contributed by atoms with E-state index >= 15 is 0 Å². The van der Waals surface area contributed by atoms with Crippen molar-refractivity contribution in [2.45, 2.75) is 26.6 Å². The second-order valence-corrected chi connectivity index (χ2v) is 14.8. The van der Waals surface area contributed by atoms with E-state index in [0.717, 1.165) is 44.3 Å². The van der Waals surface area contributed by atoms with Crippen LogP contribution < -0.4 is 9.75 Å². The van der Waals surface area contributed by atoms with Crippen LogP contribution in [0.5, 0.6) is 0 Å². The molecular formula is C29H27N2OSi+. The predicted octanol–water partition coefficient (Wildman–Crippen LogP) is 6.47. The Morgan fingerprint density at radius 1 is 0.848 bits per heavy atom. The summed E-state index contributed by atoms with van der Waals surface area (Å²) in [4.78, 5) is 0. The lowest BCUT2D eigenvalue weighted by Crippen LogP contribution is -2.37. The number of para-hydroxylation sites is 1.